The highest BCUT2D eigenvalue weighted by Crippen LogP contribution is 2.12. The zero-order valence-corrected chi connectivity index (χ0v) is 16.9. The van der Waals surface area contributed by atoms with Crippen LogP contribution < -0.4 is 5.32 Å². The first-order valence-electron chi connectivity index (χ1n) is 9.10. The summed E-state index contributed by atoms with van der Waals surface area (Å²) in [7, 11) is 3.57. The zero-order valence-electron chi connectivity index (χ0n) is 16.9. The van der Waals surface area contributed by atoms with Crippen molar-refractivity contribution in [2.45, 2.75) is 27.3 Å². The lowest BCUT2D eigenvalue weighted by Gasteiger charge is -2.22. The van der Waals surface area contributed by atoms with Crippen molar-refractivity contribution in [3.05, 3.63) is 64.7 Å². The molecule has 2 aromatic carbocycles. The first kappa shape index (κ1) is 20.6. The summed E-state index contributed by atoms with van der Waals surface area (Å²) in [6, 6.07) is 13.9. The van der Waals surface area contributed by atoms with Gasteiger partial charge in [0.05, 0.1) is 13.1 Å². The minimum Gasteiger partial charge on any atom is -0.335 e. The summed E-state index contributed by atoms with van der Waals surface area (Å²) in [5.41, 5.74) is 5.52. The van der Waals surface area contributed by atoms with Gasteiger partial charge < -0.3 is 10.2 Å². The van der Waals surface area contributed by atoms with Crippen LogP contribution >= 0.6 is 0 Å². The van der Waals surface area contributed by atoms with Crippen molar-refractivity contribution in [1.29, 1.82) is 0 Å². The summed E-state index contributed by atoms with van der Waals surface area (Å²) in [4.78, 5) is 28.0. The number of nitrogens with one attached hydrogen (secondary N) is 1. The summed E-state index contributed by atoms with van der Waals surface area (Å²) in [5, 5.41) is 2.81. The normalized spacial score (nSPS) is 10.7. The molecular formula is C22H29N3O2. The van der Waals surface area contributed by atoms with Gasteiger partial charge in [0, 0.05) is 19.3 Å². The number of anilines is 1. The standard InChI is InChI=1S/C22H29N3O2/c1-16-7-10-20(11-8-16)23-21(26)14-25(5)22(27)15-24(4)13-19-9-6-17(2)12-18(19)3/h6-12H,13-15H2,1-5H3,(H,23,26). The van der Waals surface area contributed by atoms with Crippen LogP contribution in [-0.4, -0.2) is 48.8 Å². The maximum Gasteiger partial charge on any atom is 0.243 e. The van der Waals surface area contributed by atoms with Crippen LogP contribution in [0.2, 0.25) is 0 Å². The highest BCUT2D eigenvalue weighted by atomic mass is 16.2. The van der Waals surface area contributed by atoms with Crippen molar-refractivity contribution in [3.63, 3.8) is 0 Å². The summed E-state index contributed by atoms with van der Waals surface area (Å²) in [6.45, 7) is 7.14. The molecule has 5 nitrogen and oxygen atoms in total. The summed E-state index contributed by atoms with van der Waals surface area (Å²) in [6.07, 6.45) is 0. The van der Waals surface area contributed by atoms with E-state index in [0.717, 1.165) is 11.3 Å². The molecule has 0 unspecified atom stereocenters. The van der Waals surface area contributed by atoms with Gasteiger partial charge in [-0.3, -0.25) is 14.5 Å². The number of rotatable bonds is 7. The average molecular weight is 367 g/mol. The van der Waals surface area contributed by atoms with Crippen LogP contribution in [0, 0.1) is 20.8 Å². The molecule has 0 aliphatic heterocycles. The van der Waals surface area contributed by atoms with Crippen molar-refractivity contribution in [2.24, 2.45) is 0 Å². The van der Waals surface area contributed by atoms with Crippen molar-refractivity contribution >= 4 is 17.5 Å². The molecule has 0 atom stereocenters. The van der Waals surface area contributed by atoms with Crippen LogP contribution in [0.25, 0.3) is 0 Å². The molecule has 0 radical (unpaired) electrons. The lowest BCUT2D eigenvalue weighted by atomic mass is 10.1. The second kappa shape index (κ2) is 9.33. The van der Waals surface area contributed by atoms with Crippen molar-refractivity contribution in [2.75, 3.05) is 32.5 Å². The van der Waals surface area contributed by atoms with E-state index in [-0.39, 0.29) is 24.9 Å². The van der Waals surface area contributed by atoms with Crippen LogP contribution in [0.4, 0.5) is 5.69 Å². The number of benzene rings is 2. The minimum absolute atomic E-state index is 0.0319. The fourth-order valence-corrected chi connectivity index (χ4v) is 2.86. The third-order valence-corrected chi connectivity index (χ3v) is 4.49. The smallest absolute Gasteiger partial charge is 0.243 e. The van der Waals surface area contributed by atoms with E-state index in [9.17, 15) is 9.59 Å². The third-order valence-electron chi connectivity index (χ3n) is 4.49. The molecule has 1 N–H and O–H groups in total. The van der Waals surface area contributed by atoms with Gasteiger partial charge in [0.2, 0.25) is 11.8 Å². The second-order valence-electron chi connectivity index (χ2n) is 7.27. The molecule has 2 rings (SSSR count). The largest absolute Gasteiger partial charge is 0.335 e. The average Bonchev–Trinajstić information content (AvgIpc) is 2.59. The van der Waals surface area contributed by atoms with E-state index in [1.54, 1.807) is 7.05 Å². The van der Waals surface area contributed by atoms with Crippen molar-refractivity contribution < 1.29 is 9.59 Å². The highest BCUT2D eigenvalue weighted by Gasteiger charge is 2.15. The number of nitrogens with zero attached hydrogens (tertiary/aromatic N) is 2. The monoisotopic (exact) mass is 367 g/mol. The molecule has 0 saturated heterocycles. The molecule has 2 aromatic rings. The van der Waals surface area contributed by atoms with Gasteiger partial charge >= 0.3 is 0 Å². The van der Waals surface area contributed by atoms with E-state index >= 15 is 0 Å². The SMILES string of the molecule is Cc1ccc(NC(=O)CN(C)C(=O)CN(C)Cc2ccc(C)cc2C)cc1. The first-order valence-corrected chi connectivity index (χ1v) is 9.10. The van der Waals surface area contributed by atoms with Gasteiger partial charge in [0.15, 0.2) is 0 Å². The first-order chi connectivity index (χ1) is 12.7. The van der Waals surface area contributed by atoms with Crippen molar-refractivity contribution in [1.82, 2.24) is 9.80 Å². The Balaban J connectivity index is 1.83. The number of carbonyl (C=O) groups excluding carboxylic acids is 2. The zero-order chi connectivity index (χ0) is 20.0. The number of hydrogen-bond donors (Lipinski definition) is 1. The lowest BCUT2D eigenvalue weighted by molar-refractivity contribution is -0.134. The fourth-order valence-electron chi connectivity index (χ4n) is 2.86. The lowest BCUT2D eigenvalue weighted by Crippen LogP contribution is -2.40. The van der Waals surface area contributed by atoms with E-state index in [4.69, 9.17) is 0 Å². The van der Waals surface area contributed by atoms with E-state index in [1.807, 2.05) is 43.1 Å². The molecule has 5 heteroatoms. The van der Waals surface area contributed by atoms with Crippen LogP contribution in [0.5, 0.6) is 0 Å². The molecule has 0 heterocycles. The Kier molecular flexibility index (Phi) is 7.13. The Morgan fingerprint density at radius 3 is 2.15 bits per heavy atom. The number of aryl methyl sites for hydroxylation is 3. The Bertz CT molecular complexity index is 800. The topological polar surface area (TPSA) is 52.7 Å². The predicted octanol–water partition coefficient (Wildman–Crippen LogP) is 3.14. The predicted molar refractivity (Wildman–Crippen MR) is 110 cm³/mol. The molecule has 0 spiro atoms. The van der Waals surface area contributed by atoms with E-state index in [0.29, 0.717) is 6.54 Å². The Labute approximate surface area is 162 Å². The Hall–Kier alpha value is -2.66. The maximum absolute atomic E-state index is 12.4. The maximum atomic E-state index is 12.4. The number of hydrogen-bond acceptors (Lipinski definition) is 3. The van der Waals surface area contributed by atoms with Crippen LogP contribution in [-0.2, 0) is 16.1 Å². The highest BCUT2D eigenvalue weighted by molar-refractivity contribution is 5.94. The van der Waals surface area contributed by atoms with Crippen molar-refractivity contribution in [3.8, 4) is 0 Å². The van der Waals surface area contributed by atoms with Gasteiger partial charge in [0.25, 0.3) is 0 Å². The second-order valence-corrected chi connectivity index (χ2v) is 7.27. The Morgan fingerprint density at radius 2 is 1.52 bits per heavy atom. The van der Waals surface area contributed by atoms with E-state index in [1.165, 1.54) is 21.6 Å². The van der Waals surface area contributed by atoms with Gasteiger partial charge in [-0.15, -0.1) is 0 Å². The van der Waals surface area contributed by atoms with Crippen LogP contribution in [0.15, 0.2) is 42.5 Å². The van der Waals surface area contributed by atoms with Gasteiger partial charge in [-0.1, -0.05) is 41.5 Å². The molecule has 144 valence electrons. The summed E-state index contributed by atoms with van der Waals surface area (Å²) >= 11 is 0. The molecule has 2 amide bonds. The minimum atomic E-state index is -0.202. The van der Waals surface area contributed by atoms with Crippen LogP contribution in [0.3, 0.4) is 0 Å². The van der Waals surface area contributed by atoms with Gasteiger partial charge in [-0.2, -0.15) is 0 Å². The molecule has 0 bridgehead atoms. The third kappa shape index (κ3) is 6.53. The van der Waals surface area contributed by atoms with Gasteiger partial charge in [0.1, 0.15) is 0 Å². The fraction of sp³-hybridized carbons (Fsp3) is 0.364. The van der Waals surface area contributed by atoms with E-state index < -0.39 is 0 Å². The quantitative estimate of drug-likeness (QED) is 0.818. The summed E-state index contributed by atoms with van der Waals surface area (Å²) < 4.78 is 0. The molecule has 0 aliphatic rings. The molecule has 0 saturated carbocycles. The summed E-state index contributed by atoms with van der Waals surface area (Å²) in [5.74, 6) is -0.284. The Morgan fingerprint density at radius 1 is 0.889 bits per heavy atom. The van der Waals surface area contributed by atoms with Gasteiger partial charge in [-0.25, -0.2) is 0 Å². The molecular weight excluding hydrogens is 338 g/mol. The van der Waals surface area contributed by atoms with Gasteiger partial charge in [-0.05, 0) is 51.1 Å². The number of amides is 2. The molecule has 0 aromatic heterocycles. The van der Waals surface area contributed by atoms with Crippen LogP contribution in [0.1, 0.15) is 22.3 Å². The molecule has 0 aliphatic carbocycles. The molecule has 27 heavy (non-hydrogen) atoms. The number of likely N-dealkylation sites (N-methyl/N-ethyl adjacent to an activating group) is 2. The molecule has 0 fully saturated rings. The van der Waals surface area contributed by atoms with E-state index in [2.05, 4.69) is 37.4 Å². The number of carbonyl (C=O) groups is 2.